The Morgan fingerprint density at radius 1 is 1.10 bits per heavy atom. The van der Waals surface area contributed by atoms with Crippen LogP contribution in [0.4, 0.5) is 5.13 Å². The zero-order chi connectivity index (χ0) is 21.4. The van der Waals surface area contributed by atoms with Gasteiger partial charge in [-0.25, -0.2) is 13.4 Å². The van der Waals surface area contributed by atoms with Gasteiger partial charge in [0.05, 0.1) is 15.1 Å². The van der Waals surface area contributed by atoms with E-state index in [1.807, 2.05) is 13.8 Å². The van der Waals surface area contributed by atoms with Gasteiger partial charge in [-0.2, -0.15) is 4.31 Å². The van der Waals surface area contributed by atoms with E-state index in [0.29, 0.717) is 28.6 Å². The van der Waals surface area contributed by atoms with Gasteiger partial charge in [-0.15, -0.1) is 0 Å². The van der Waals surface area contributed by atoms with Gasteiger partial charge in [0.15, 0.2) is 5.13 Å². The minimum absolute atomic E-state index is 0.0350. The van der Waals surface area contributed by atoms with E-state index in [9.17, 15) is 13.2 Å². The first kappa shape index (κ1) is 23.8. The third kappa shape index (κ3) is 5.99. The number of benzene rings is 1. The number of nitrogens with zero attached hydrogens (tertiary/aromatic N) is 2. The van der Waals surface area contributed by atoms with E-state index < -0.39 is 10.0 Å². The average molecular weight is 440 g/mol. The number of nitrogens with one attached hydrogen (secondary N) is 1. The molecule has 0 saturated carbocycles. The van der Waals surface area contributed by atoms with Crippen molar-refractivity contribution in [3.05, 3.63) is 18.2 Å². The maximum atomic E-state index is 13.2. The summed E-state index contributed by atoms with van der Waals surface area (Å²) in [5, 5.41) is 3.39. The second-order valence-electron chi connectivity index (χ2n) is 7.26. The molecule has 2 rings (SSSR count). The minimum atomic E-state index is -3.55. The first-order valence-corrected chi connectivity index (χ1v) is 12.8. The molecule has 6 nitrogen and oxygen atoms in total. The summed E-state index contributed by atoms with van der Waals surface area (Å²) in [5.41, 5.74) is 0.697. The molecule has 0 spiro atoms. The fraction of sp³-hybridized carbons (Fsp3) is 0.619. The van der Waals surface area contributed by atoms with Crippen LogP contribution in [-0.4, -0.2) is 36.7 Å². The summed E-state index contributed by atoms with van der Waals surface area (Å²) in [4.78, 5) is 17.1. The van der Waals surface area contributed by atoms with Crippen molar-refractivity contribution in [2.24, 2.45) is 5.92 Å². The van der Waals surface area contributed by atoms with Gasteiger partial charge >= 0.3 is 0 Å². The molecular formula is C21H33N3O3S2. The van der Waals surface area contributed by atoms with Crippen LogP contribution in [0.5, 0.6) is 0 Å². The van der Waals surface area contributed by atoms with E-state index in [1.54, 1.807) is 22.5 Å². The first-order valence-electron chi connectivity index (χ1n) is 10.6. The van der Waals surface area contributed by atoms with Crippen molar-refractivity contribution < 1.29 is 13.2 Å². The van der Waals surface area contributed by atoms with Crippen molar-refractivity contribution >= 4 is 42.6 Å². The van der Waals surface area contributed by atoms with Crippen LogP contribution in [-0.2, 0) is 14.8 Å². The van der Waals surface area contributed by atoms with Gasteiger partial charge in [0, 0.05) is 19.0 Å². The Labute approximate surface area is 178 Å². The number of thiazole rings is 1. The highest BCUT2D eigenvalue weighted by molar-refractivity contribution is 7.89. The molecule has 1 amide bonds. The molecule has 1 aromatic heterocycles. The average Bonchev–Trinajstić information content (AvgIpc) is 3.10. The number of sulfonamides is 1. The number of hydrogen-bond acceptors (Lipinski definition) is 5. The molecule has 0 fully saturated rings. The molecule has 0 unspecified atom stereocenters. The van der Waals surface area contributed by atoms with Crippen molar-refractivity contribution in [3.63, 3.8) is 0 Å². The first-order chi connectivity index (χ1) is 13.9. The minimum Gasteiger partial charge on any atom is -0.302 e. The number of aromatic nitrogens is 1. The van der Waals surface area contributed by atoms with Crippen molar-refractivity contribution in [3.8, 4) is 0 Å². The number of hydrogen-bond donors (Lipinski definition) is 1. The van der Waals surface area contributed by atoms with Gasteiger partial charge in [-0.05, 0) is 43.9 Å². The second-order valence-corrected chi connectivity index (χ2v) is 10.2. The van der Waals surface area contributed by atoms with Crippen molar-refractivity contribution in [1.82, 2.24) is 9.29 Å². The van der Waals surface area contributed by atoms with Crippen LogP contribution in [0.25, 0.3) is 10.2 Å². The van der Waals surface area contributed by atoms with Gasteiger partial charge in [0.25, 0.3) is 0 Å². The number of amides is 1. The molecule has 2 aromatic rings. The monoisotopic (exact) mass is 439 g/mol. The summed E-state index contributed by atoms with van der Waals surface area (Å²) in [6, 6.07) is 5.03. The number of rotatable bonds is 12. The smallest absolute Gasteiger partial charge is 0.243 e. The maximum Gasteiger partial charge on any atom is 0.243 e. The Balaban J connectivity index is 2.28. The second kappa shape index (κ2) is 11.0. The zero-order valence-corrected chi connectivity index (χ0v) is 19.5. The fourth-order valence-electron chi connectivity index (χ4n) is 3.16. The van der Waals surface area contributed by atoms with E-state index in [1.165, 1.54) is 11.3 Å². The summed E-state index contributed by atoms with van der Waals surface area (Å²) in [6.07, 6.45) is 5.15. The van der Waals surface area contributed by atoms with Gasteiger partial charge in [0.1, 0.15) is 0 Å². The molecule has 1 aromatic carbocycles. The molecule has 0 aliphatic rings. The normalized spacial score (nSPS) is 12.2. The van der Waals surface area contributed by atoms with Crippen LogP contribution in [0.1, 0.15) is 66.2 Å². The lowest BCUT2D eigenvalue weighted by Crippen LogP contribution is -2.33. The largest absolute Gasteiger partial charge is 0.302 e. The molecule has 0 aliphatic carbocycles. The quantitative estimate of drug-likeness (QED) is 0.489. The van der Waals surface area contributed by atoms with Crippen LogP contribution < -0.4 is 5.32 Å². The highest BCUT2D eigenvalue weighted by atomic mass is 32.2. The number of anilines is 1. The van der Waals surface area contributed by atoms with Gasteiger partial charge in [0.2, 0.25) is 15.9 Å². The van der Waals surface area contributed by atoms with Crippen molar-refractivity contribution in [2.75, 3.05) is 18.4 Å². The Morgan fingerprint density at radius 3 is 2.28 bits per heavy atom. The van der Waals surface area contributed by atoms with E-state index in [-0.39, 0.29) is 11.8 Å². The number of fused-ring (bicyclic) bond motifs is 1. The van der Waals surface area contributed by atoms with Crippen LogP contribution in [0, 0.1) is 5.92 Å². The molecule has 0 saturated heterocycles. The van der Waals surface area contributed by atoms with Crippen LogP contribution in [0.2, 0.25) is 0 Å². The van der Waals surface area contributed by atoms with E-state index in [2.05, 4.69) is 24.1 Å². The standard InChI is InChI=1S/C21H33N3O3S2/c1-5-9-13-24(14-10-6-2)29(26,27)17-11-12-18-19(15-17)28-21(22-18)23-20(25)16(7-3)8-4/h11-12,15-16H,5-10,13-14H2,1-4H3,(H,22,23,25). The highest BCUT2D eigenvalue weighted by Crippen LogP contribution is 2.30. The van der Waals surface area contributed by atoms with Gasteiger partial charge in [-0.1, -0.05) is 51.9 Å². The molecule has 0 radical (unpaired) electrons. The van der Waals surface area contributed by atoms with E-state index in [4.69, 9.17) is 0 Å². The lowest BCUT2D eigenvalue weighted by Gasteiger charge is -2.21. The maximum absolute atomic E-state index is 13.2. The molecule has 0 atom stereocenters. The lowest BCUT2D eigenvalue weighted by molar-refractivity contribution is -0.120. The molecule has 0 aliphatic heterocycles. The Kier molecular flexibility index (Phi) is 9.04. The van der Waals surface area contributed by atoms with Crippen molar-refractivity contribution in [2.45, 2.75) is 71.1 Å². The van der Waals surface area contributed by atoms with Gasteiger partial charge in [-0.3, -0.25) is 4.79 Å². The number of unbranched alkanes of at least 4 members (excludes halogenated alkanes) is 2. The summed E-state index contributed by atoms with van der Waals surface area (Å²) in [5.74, 6) is -0.0733. The Morgan fingerprint density at radius 2 is 1.72 bits per heavy atom. The summed E-state index contributed by atoms with van der Waals surface area (Å²) >= 11 is 1.32. The van der Waals surface area contributed by atoms with E-state index >= 15 is 0 Å². The molecule has 1 heterocycles. The van der Waals surface area contributed by atoms with Crippen LogP contribution >= 0.6 is 11.3 Å². The topological polar surface area (TPSA) is 79.4 Å². The molecule has 1 N–H and O–H groups in total. The molecule has 0 bridgehead atoms. The highest BCUT2D eigenvalue weighted by Gasteiger charge is 2.24. The van der Waals surface area contributed by atoms with Crippen molar-refractivity contribution in [1.29, 1.82) is 0 Å². The molecule has 8 heteroatoms. The van der Waals surface area contributed by atoms with Crippen LogP contribution in [0.3, 0.4) is 0 Å². The lowest BCUT2D eigenvalue weighted by atomic mass is 10.0. The predicted octanol–water partition coefficient (Wildman–Crippen LogP) is 5.26. The summed E-state index contributed by atoms with van der Waals surface area (Å²) in [6.45, 7) is 9.18. The Bertz CT molecular complexity index is 897. The van der Waals surface area contributed by atoms with Crippen LogP contribution in [0.15, 0.2) is 23.1 Å². The van der Waals surface area contributed by atoms with Gasteiger partial charge < -0.3 is 5.32 Å². The molecular weight excluding hydrogens is 406 g/mol. The Hall–Kier alpha value is -1.51. The zero-order valence-electron chi connectivity index (χ0n) is 17.9. The number of carbonyl (C=O) groups is 1. The summed E-state index contributed by atoms with van der Waals surface area (Å²) < 4.78 is 28.7. The predicted molar refractivity (Wildman–Crippen MR) is 121 cm³/mol. The molecule has 162 valence electrons. The third-order valence-corrected chi connectivity index (χ3v) is 7.93. The van der Waals surface area contributed by atoms with E-state index in [0.717, 1.165) is 43.2 Å². The fourth-order valence-corrected chi connectivity index (χ4v) is 5.68. The number of carbonyl (C=O) groups excluding carboxylic acids is 1. The third-order valence-electron chi connectivity index (χ3n) is 5.11. The summed E-state index contributed by atoms with van der Waals surface area (Å²) in [7, 11) is -3.55. The molecule has 29 heavy (non-hydrogen) atoms. The SMILES string of the molecule is CCCCN(CCCC)S(=O)(=O)c1ccc2nc(NC(=O)C(CC)CC)sc2c1.